The number of pyridine rings is 1. The molecule has 2 fully saturated rings. The molecule has 1 unspecified atom stereocenters. The van der Waals surface area contributed by atoms with Gasteiger partial charge in [0.15, 0.2) is 0 Å². The fraction of sp³-hybridized carbons (Fsp3) is 0.478. The average molecular weight is 382 g/mol. The van der Waals surface area contributed by atoms with Crippen molar-refractivity contribution < 1.29 is 13.9 Å². The summed E-state index contributed by atoms with van der Waals surface area (Å²) in [4.78, 5) is 18.6. The third kappa shape index (κ3) is 4.58. The lowest BCUT2D eigenvalue weighted by Gasteiger charge is -2.46. The van der Waals surface area contributed by atoms with Gasteiger partial charge in [-0.1, -0.05) is 18.2 Å². The third-order valence-corrected chi connectivity index (χ3v) is 6.14. The zero-order valence-corrected chi connectivity index (χ0v) is 16.1. The Morgan fingerprint density at radius 1 is 1.18 bits per heavy atom. The van der Waals surface area contributed by atoms with E-state index in [-0.39, 0.29) is 17.3 Å². The van der Waals surface area contributed by atoms with E-state index in [0.717, 1.165) is 57.4 Å². The first-order valence-corrected chi connectivity index (χ1v) is 10.2. The molecule has 3 heterocycles. The molecule has 2 aliphatic rings. The summed E-state index contributed by atoms with van der Waals surface area (Å²) in [5, 5.41) is 0. The van der Waals surface area contributed by atoms with Crippen LogP contribution in [0.4, 0.5) is 4.39 Å². The fourth-order valence-corrected chi connectivity index (χ4v) is 4.56. The zero-order valence-electron chi connectivity index (χ0n) is 16.1. The van der Waals surface area contributed by atoms with E-state index < -0.39 is 0 Å². The number of halogens is 1. The van der Waals surface area contributed by atoms with Crippen molar-refractivity contribution in [1.82, 2.24) is 9.88 Å². The number of amides is 1. The number of carbonyl (C=O) groups is 1. The van der Waals surface area contributed by atoms with Gasteiger partial charge in [-0.15, -0.1) is 0 Å². The minimum atomic E-state index is -0.185. The van der Waals surface area contributed by atoms with Gasteiger partial charge in [0, 0.05) is 32.1 Å². The van der Waals surface area contributed by atoms with Gasteiger partial charge in [-0.2, -0.15) is 0 Å². The van der Waals surface area contributed by atoms with Crippen LogP contribution < -0.4 is 0 Å². The number of piperidine rings is 1. The molecule has 2 aromatic rings. The first-order valence-electron chi connectivity index (χ1n) is 10.2. The first kappa shape index (κ1) is 19.1. The van der Waals surface area contributed by atoms with Crippen LogP contribution in [-0.2, 0) is 22.4 Å². The van der Waals surface area contributed by atoms with Crippen LogP contribution in [0.15, 0.2) is 48.8 Å². The molecular formula is C23H27FN2O2. The average Bonchev–Trinajstić information content (AvgIpc) is 2.71. The van der Waals surface area contributed by atoms with E-state index in [1.54, 1.807) is 12.4 Å². The monoisotopic (exact) mass is 382 g/mol. The molecule has 0 aliphatic carbocycles. The Bertz CT molecular complexity index is 786. The highest BCUT2D eigenvalue weighted by Crippen LogP contribution is 2.39. The van der Waals surface area contributed by atoms with Crippen molar-refractivity contribution in [2.24, 2.45) is 5.92 Å². The number of benzene rings is 1. The normalized spacial score (nSPS) is 21.6. The Balaban J connectivity index is 1.31. The SMILES string of the molecule is O=C(Cc1cccnc1)N1CCC2(CC1)CC(Cc1ccc(F)cc1)CCO2. The van der Waals surface area contributed by atoms with Crippen LogP contribution >= 0.6 is 0 Å². The zero-order chi connectivity index (χ0) is 19.4. The highest BCUT2D eigenvalue weighted by Gasteiger charge is 2.41. The Morgan fingerprint density at radius 2 is 1.96 bits per heavy atom. The summed E-state index contributed by atoms with van der Waals surface area (Å²) in [5.74, 6) is 0.536. The van der Waals surface area contributed by atoms with Gasteiger partial charge in [0.25, 0.3) is 0 Å². The Labute approximate surface area is 165 Å². The molecule has 28 heavy (non-hydrogen) atoms. The number of hydrogen-bond donors (Lipinski definition) is 0. The second kappa shape index (κ2) is 8.39. The lowest BCUT2D eigenvalue weighted by atomic mass is 9.77. The second-order valence-electron chi connectivity index (χ2n) is 8.14. The van der Waals surface area contributed by atoms with Gasteiger partial charge in [0.1, 0.15) is 5.82 Å². The maximum atomic E-state index is 13.1. The Morgan fingerprint density at radius 3 is 2.68 bits per heavy atom. The predicted octanol–water partition coefficient (Wildman–Crippen LogP) is 3.79. The maximum Gasteiger partial charge on any atom is 0.227 e. The quantitative estimate of drug-likeness (QED) is 0.808. The van der Waals surface area contributed by atoms with Crippen molar-refractivity contribution in [3.05, 3.63) is 65.7 Å². The standard InChI is InChI=1S/C23H27FN2O2/c24-21-5-3-18(4-6-21)14-19-7-13-28-23(16-19)8-11-26(12-9-23)22(27)15-20-2-1-10-25-17-20/h1-6,10,17,19H,7-9,11-16H2. The van der Waals surface area contributed by atoms with E-state index in [2.05, 4.69) is 4.98 Å². The molecule has 0 radical (unpaired) electrons. The molecule has 0 saturated carbocycles. The summed E-state index contributed by atoms with van der Waals surface area (Å²) in [6.07, 6.45) is 8.72. The fourth-order valence-electron chi connectivity index (χ4n) is 4.56. The number of ether oxygens (including phenoxy) is 1. The van der Waals surface area contributed by atoms with Crippen molar-refractivity contribution in [3.63, 3.8) is 0 Å². The molecule has 1 spiro atoms. The van der Waals surface area contributed by atoms with Gasteiger partial charge in [-0.3, -0.25) is 9.78 Å². The first-order chi connectivity index (χ1) is 13.6. The van der Waals surface area contributed by atoms with Crippen LogP contribution in [0.3, 0.4) is 0 Å². The summed E-state index contributed by atoms with van der Waals surface area (Å²) in [6, 6.07) is 10.7. The largest absolute Gasteiger partial charge is 0.375 e. The molecule has 1 atom stereocenters. The molecule has 1 aromatic carbocycles. The molecule has 1 amide bonds. The van der Waals surface area contributed by atoms with E-state index in [9.17, 15) is 9.18 Å². The number of hydrogen-bond acceptors (Lipinski definition) is 3. The molecular weight excluding hydrogens is 355 g/mol. The summed E-state index contributed by atoms with van der Waals surface area (Å²) < 4.78 is 19.4. The predicted molar refractivity (Wildman–Crippen MR) is 105 cm³/mol. The van der Waals surface area contributed by atoms with Crippen LogP contribution in [0.1, 0.15) is 36.8 Å². The Kier molecular flexibility index (Phi) is 5.72. The van der Waals surface area contributed by atoms with Gasteiger partial charge in [0.2, 0.25) is 5.91 Å². The smallest absolute Gasteiger partial charge is 0.227 e. The van der Waals surface area contributed by atoms with Gasteiger partial charge in [-0.05, 0) is 67.3 Å². The van der Waals surface area contributed by atoms with Crippen molar-refractivity contribution in [1.29, 1.82) is 0 Å². The van der Waals surface area contributed by atoms with Crippen LogP contribution in [-0.4, -0.2) is 41.1 Å². The molecule has 4 nitrogen and oxygen atoms in total. The molecule has 0 N–H and O–H groups in total. The van der Waals surface area contributed by atoms with Crippen LogP contribution in [0.25, 0.3) is 0 Å². The number of rotatable bonds is 4. The number of likely N-dealkylation sites (tertiary alicyclic amines) is 1. The van der Waals surface area contributed by atoms with Crippen LogP contribution in [0.5, 0.6) is 0 Å². The van der Waals surface area contributed by atoms with Gasteiger partial charge in [0.05, 0.1) is 12.0 Å². The summed E-state index contributed by atoms with van der Waals surface area (Å²) in [5.41, 5.74) is 2.04. The molecule has 2 aliphatic heterocycles. The van der Waals surface area contributed by atoms with Crippen molar-refractivity contribution in [3.8, 4) is 0 Å². The van der Waals surface area contributed by atoms with Crippen LogP contribution in [0.2, 0.25) is 0 Å². The van der Waals surface area contributed by atoms with Gasteiger partial charge < -0.3 is 9.64 Å². The summed E-state index contributed by atoms with van der Waals surface area (Å²) in [6.45, 7) is 2.28. The van der Waals surface area contributed by atoms with E-state index in [0.29, 0.717) is 12.3 Å². The van der Waals surface area contributed by atoms with E-state index in [1.807, 2.05) is 29.2 Å². The number of nitrogens with zero attached hydrogens (tertiary/aromatic N) is 2. The topological polar surface area (TPSA) is 42.4 Å². The van der Waals surface area contributed by atoms with Crippen LogP contribution in [0, 0.1) is 11.7 Å². The minimum absolute atomic E-state index is 0.103. The molecule has 5 heteroatoms. The molecule has 2 saturated heterocycles. The van der Waals surface area contributed by atoms with Crippen molar-refractivity contribution in [2.75, 3.05) is 19.7 Å². The van der Waals surface area contributed by atoms with Gasteiger partial charge in [-0.25, -0.2) is 4.39 Å². The van der Waals surface area contributed by atoms with E-state index in [4.69, 9.17) is 4.74 Å². The molecule has 148 valence electrons. The van der Waals surface area contributed by atoms with E-state index >= 15 is 0 Å². The second-order valence-corrected chi connectivity index (χ2v) is 8.14. The van der Waals surface area contributed by atoms with E-state index in [1.165, 1.54) is 17.7 Å². The summed E-state index contributed by atoms with van der Waals surface area (Å²) >= 11 is 0. The maximum absolute atomic E-state index is 13.1. The highest BCUT2D eigenvalue weighted by atomic mass is 19.1. The highest BCUT2D eigenvalue weighted by molar-refractivity contribution is 5.78. The van der Waals surface area contributed by atoms with Crippen molar-refractivity contribution in [2.45, 2.75) is 44.1 Å². The van der Waals surface area contributed by atoms with Crippen molar-refractivity contribution >= 4 is 5.91 Å². The Hall–Kier alpha value is -2.27. The molecule has 4 rings (SSSR count). The number of carbonyl (C=O) groups excluding carboxylic acids is 1. The lowest BCUT2D eigenvalue weighted by Crippen LogP contribution is -2.51. The molecule has 1 aromatic heterocycles. The number of aromatic nitrogens is 1. The molecule has 0 bridgehead atoms. The lowest BCUT2D eigenvalue weighted by molar-refractivity contribution is -0.146. The minimum Gasteiger partial charge on any atom is -0.375 e. The third-order valence-electron chi connectivity index (χ3n) is 6.14. The summed E-state index contributed by atoms with van der Waals surface area (Å²) in [7, 11) is 0. The van der Waals surface area contributed by atoms with Gasteiger partial charge >= 0.3 is 0 Å².